The molecule has 2 aromatic carbocycles. The van der Waals surface area contributed by atoms with Gasteiger partial charge in [-0.15, -0.1) is 0 Å². The molecule has 5 heteroatoms. The minimum absolute atomic E-state index is 0.0915. The molecule has 1 aromatic heterocycles. The summed E-state index contributed by atoms with van der Waals surface area (Å²) in [6.07, 6.45) is 0. The van der Waals surface area contributed by atoms with Crippen molar-refractivity contribution in [2.75, 3.05) is 11.9 Å². The third-order valence-corrected chi connectivity index (χ3v) is 5.63. The van der Waals surface area contributed by atoms with Crippen LogP contribution in [0.15, 0.2) is 42.5 Å². The Balaban J connectivity index is 2.44. The third kappa shape index (κ3) is 6.26. The van der Waals surface area contributed by atoms with Crippen LogP contribution in [0.25, 0.3) is 21.9 Å². The summed E-state index contributed by atoms with van der Waals surface area (Å²) in [5, 5.41) is 9.31. The number of anilines is 1. The molecular weight excluding hydrogens is 434 g/mol. The molecule has 0 radical (unpaired) electrons. The molecule has 0 aliphatic rings. The largest absolute Gasteiger partial charge is 0.377 e. The normalized spacial score (nSPS) is 12.7. The van der Waals surface area contributed by atoms with Gasteiger partial charge in [-0.25, -0.2) is 0 Å². The Labute approximate surface area is 211 Å². The molecule has 35 heavy (non-hydrogen) atoms. The molecule has 0 saturated heterocycles. The lowest BCUT2D eigenvalue weighted by Crippen LogP contribution is -2.43. The fourth-order valence-corrected chi connectivity index (χ4v) is 4.40. The molecule has 2 N–H and O–H groups in total. The predicted molar refractivity (Wildman–Crippen MR) is 148 cm³/mol. The average molecular weight is 478 g/mol. The van der Waals surface area contributed by atoms with Gasteiger partial charge in [0.15, 0.2) is 0 Å². The zero-order valence-corrected chi connectivity index (χ0v) is 23.2. The van der Waals surface area contributed by atoms with Crippen LogP contribution >= 0.6 is 0 Å². The van der Waals surface area contributed by atoms with Crippen LogP contribution in [0, 0.1) is 0 Å². The van der Waals surface area contributed by atoms with E-state index in [-0.39, 0.29) is 22.5 Å². The van der Waals surface area contributed by atoms with Crippen molar-refractivity contribution in [3.63, 3.8) is 0 Å². The molecule has 0 spiro atoms. The van der Waals surface area contributed by atoms with E-state index in [0.29, 0.717) is 18.9 Å². The second-order valence-corrected chi connectivity index (χ2v) is 12.3. The Morgan fingerprint density at radius 1 is 0.886 bits per heavy atom. The first-order valence-electron chi connectivity index (χ1n) is 12.6. The van der Waals surface area contributed by atoms with Gasteiger partial charge in [0.25, 0.3) is 5.91 Å². The third-order valence-electron chi connectivity index (χ3n) is 5.63. The highest BCUT2D eigenvalue weighted by atomic mass is 16.5. The van der Waals surface area contributed by atoms with Gasteiger partial charge in [-0.2, -0.15) is 0 Å². The number of benzene rings is 2. The van der Waals surface area contributed by atoms with E-state index in [1.807, 2.05) is 27.7 Å². The van der Waals surface area contributed by atoms with Gasteiger partial charge in [-0.05, 0) is 91.6 Å². The van der Waals surface area contributed by atoms with Crippen LogP contribution in [0.2, 0.25) is 0 Å². The van der Waals surface area contributed by atoms with Crippen LogP contribution < -0.4 is 10.6 Å². The Morgan fingerprint density at radius 3 is 2.06 bits per heavy atom. The standard InChI is InChI=1S/C30H43N3O2/c1-11-35-19-23-24(22-17-16-20-14-12-13-15-21(20)18-22)26(31-28(2,3)4)33(30(8,9)10)25(23)27(34)32-29(5,6)7/h12-18,31H,11,19H2,1-10H3,(H,32,34). The number of nitrogens with zero attached hydrogens (tertiary/aromatic N) is 1. The average Bonchev–Trinajstić information content (AvgIpc) is 3.03. The second kappa shape index (κ2) is 9.69. The SMILES string of the molecule is CCOCc1c(-c2ccc3ccccc3c2)c(NC(C)(C)C)n(C(C)(C)C)c1C(=O)NC(C)(C)C. The number of carbonyl (C=O) groups excluding carboxylic acids is 1. The lowest BCUT2D eigenvalue weighted by Gasteiger charge is -2.32. The van der Waals surface area contributed by atoms with E-state index in [2.05, 4.69) is 99.2 Å². The van der Waals surface area contributed by atoms with Crippen LogP contribution in [-0.4, -0.2) is 28.2 Å². The number of ether oxygens (including phenoxy) is 1. The molecule has 190 valence electrons. The van der Waals surface area contributed by atoms with E-state index in [4.69, 9.17) is 4.74 Å². The van der Waals surface area contributed by atoms with Gasteiger partial charge >= 0.3 is 0 Å². The highest BCUT2D eigenvalue weighted by Gasteiger charge is 2.35. The number of fused-ring (bicyclic) bond motifs is 1. The first kappa shape index (κ1) is 26.8. The van der Waals surface area contributed by atoms with Gasteiger partial charge in [0.1, 0.15) is 11.5 Å². The van der Waals surface area contributed by atoms with Crippen molar-refractivity contribution in [1.82, 2.24) is 9.88 Å². The quantitative estimate of drug-likeness (QED) is 0.390. The Bertz CT molecular complexity index is 1200. The minimum atomic E-state index is -0.367. The maximum atomic E-state index is 13.9. The van der Waals surface area contributed by atoms with E-state index < -0.39 is 0 Å². The Hall–Kier alpha value is -2.79. The number of hydrogen-bond donors (Lipinski definition) is 2. The highest BCUT2D eigenvalue weighted by molar-refractivity contribution is 6.01. The summed E-state index contributed by atoms with van der Waals surface area (Å²) in [6.45, 7) is 21.8. The highest BCUT2D eigenvalue weighted by Crippen LogP contribution is 2.43. The van der Waals surface area contributed by atoms with E-state index >= 15 is 0 Å². The summed E-state index contributed by atoms with van der Waals surface area (Å²) in [4.78, 5) is 13.9. The van der Waals surface area contributed by atoms with Crippen molar-refractivity contribution in [3.8, 4) is 11.1 Å². The summed E-state index contributed by atoms with van der Waals surface area (Å²) in [5.74, 6) is 0.847. The van der Waals surface area contributed by atoms with Crippen LogP contribution in [-0.2, 0) is 16.9 Å². The fourth-order valence-electron chi connectivity index (χ4n) is 4.40. The molecule has 1 amide bonds. The molecule has 0 bridgehead atoms. The van der Waals surface area contributed by atoms with Crippen molar-refractivity contribution in [1.29, 1.82) is 0 Å². The smallest absolute Gasteiger partial charge is 0.268 e. The van der Waals surface area contributed by atoms with Crippen molar-refractivity contribution in [2.45, 2.75) is 92.5 Å². The van der Waals surface area contributed by atoms with E-state index in [0.717, 1.165) is 22.5 Å². The zero-order chi connectivity index (χ0) is 26.2. The molecule has 0 aliphatic heterocycles. The number of aromatic nitrogens is 1. The van der Waals surface area contributed by atoms with Crippen molar-refractivity contribution in [2.24, 2.45) is 0 Å². The number of carbonyl (C=O) groups is 1. The number of rotatable bonds is 6. The van der Waals surface area contributed by atoms with Crippen LogP contribution in [0.4, 0.5) is 5.82 Å². The Morgan fingerprint density at radius 2 is 1.51 bits per heavy atom. The second-order valence-electron chi connectivity index (χ2n) is 12.3. The van der Waals surface area contributed by atoms with Crippen LogP contribution in [0.1, 0.15) is 85.3 Å². The van der Waals surface area contributed by atoms with Gasteiger partial charge in [-0.1, -0.05) is 36.4 Å². The lowest BCUT2D eigenvalue weighted by molar-refractivity contribution is 0.0893. The molecular formula is C30H43N3O2. The number of hydrogen-bond acceptors (Lipinski definition) is 3. The van der Waals surface area contributed by atoms with Crippen LogP contribution in [0.3, 0.4) is 0 Å². The van der Waals surface area contributed by atoms with Gasteiger partial charge in [0, 0.05) is 34.4 Å². The van der Waals surface area contributed by atoms with Gasteiger partial charge in [-0.3, -0.25) is 4.79 Å². The molecule has 0 fully saturated rings. The van der Waals surface area contributed by atoms with E-state index in [9.17, 15) is 4.79 Å². The summed E-state index contributed by atoms with van der Waals surface area (Å²) in [7, 11) is 0. The summed E-state index contributed by atoms with van der Waals surface area (Å²) >= 11 is 0. The maximum absolute atomic E-state index is 13.9. The van der Waals surface area contributed by atoms with Crippen molar-refractivity contribution in [3.05, 3.63) is 53.7 Å². The first-order valence-corrected chi connectivity index (χ1v) is 12.6. The molecule has 0 atom stereocenters. The van der Waals surface area contributed by atoms with E-state index in [1.54, 1.807) is 0 Å². The van der Waals surface area contributed by atoms with Gasteiger partial charge < -0.3 is 19.9 Å². The summed E-state index contributed by atoms with van der Waals surface area (Å²) in [5.41, 5.74) is 2.71. The number of nitrogens with one attached hydrogen (secondary N) is 2. The zero-order valence-electron chi connectivity index (χ0n) is 23.2. The van der Waals surface area contributed by atoms with Crippen LogP contribution in [0.5, 0.6) is 0 Å². The summed E-state index contributed by atoms with van der Waals surface area (Å²) in [6, 6.07) is 14.9. The molecule has 3 rings (SSSR count). The minimum Gasteiger partial charge on any atom is -0.377 e. The first-order chi connectivity index (χ1) is 16.1. The lowest BCUT2D eigenvalue weighted by atomic mass is 9.97. The molecule has 5 nitrogen and oxygen atoms in total. The van der Waals surface area contributed by atoms with Crippen molar-refractivity contribution < 1.29 is 9.53 Å². The predicted octanol–water partition coefficient (Wildman–Crippen LogP) is 7.34. The number of amides is 1. The fraction of sp³-hybridized carbons (Fsp3) is 0.500. The maximum Gasteiger partial charge on any atom is 0.268 e. The van der Waals surface area contributed by atoms with E-state index in [1.165, 1.54) is 10.8 Å². The van der Waals surface area contributed by atoms with Gasteiger partial charge in [0.2, 0.25) is 0 Å². The topological polar surface area (TPSA) is 55.3 Å². The van der Waals surface area contributed by atoms with Crippen molar-refractivity contribution >= 4 is 22.5 Å². The molecule has 0 aliphatic carbocycles. The summed E-state index contributed by atoms with van der Waals surface area (Å²) < 4.78 is 8.15. The molecule has 0 unspecified atom stereocenters. The molecule has 1 heterocycles. The monoisotopic (exact) mass is 477 g/mol. The van der Waals surface area contributed by atoms with Gasteiger partial charge in [0.05, 0.1) is 6.61 Å². The Kier molecular flexibility index (Phi) is 7.42. The molecule has 0 saturated carbocycles. The molecule has 3 aromatic rings.